The Morgan fingerprint density at radius 3 is 2.75 bits per heavy atom. The Hall–Kier alpha value is -0.990. The third-order valence-electron chi connectivity index (χ3n) is 4.35. The zero-order valence-corrected chi connectivity index (χ0v) is 12.4. The van der Waals surface area contributed by atoms with Crippen LogP contribution in [0.3, 0.4) is 0 Å². The monoisotopic (exact) mass is 300 g/mol. The molecule has 2 aliphatic rings. The normalized spacial score (nSPS) is 26.1. The number of aryl methyl sites for hydroxylation is 1. The lowest BCUT2D eigenvalue weighted by molar-refractivity contribution is 0.0779. The van der Waals surface area contributed by atoms with Gasteiger partial charge in [-0.05, 0) is 11.8 Å². The number of rotatable bonds is 3. The van der Waals surface area contributed by atoms with Crippen LogP contribution in [0.15, 0.2) is 11.2 Å². The third-order valence-corrected chi connectivity index (χ3v) is 6.26. The van der Waals surface area contributed by atoms with Gasteiger partial charge in [-0.15, -0.1) is 5.10 Å². The predicted octanol–water partition coefficient (Wildman–Crippen LogP) is 0.252. The van der Waals surface area contributed by atoms with Crippen molar-refractivity contribution in [1.29, 1.82) is 0 Å². The first-order valence-corrected chi connectivity index (χ1v) is 8.45. The van der Waals surface area contributed by atoms with Crippen molar-refractivity contribution in [1.82, 2.24) is 19.3 Å². The summed E-state index contributed by atoms with van der Waals surface area (Å²) in [5, 5.41) is 7.52. The summed E-state index contributed by atoms with van der Waals surface area (Å²) in [4.78, 5) is 0. The van der Waals surface area contributed by atoms with Crippen molar-refractivity contribution in [2.24, 2.45) is 18.9 Å². The number of aromatic nitrogens is 3. The number of hydrogen-bond donors (Lipinski definition) is 0. The van der Waals surface area contributed by atoms with E-state index in [1.165, 1.54) is 34.4 Å². The first kappa shape index (κ1) is 14.0. The third kappa shape index (κ3) is 2.47. The van der Waals surface area contributed by atoms with Crippen LogP contribution in [0.4, 0.5) is 0 Å². The highest BCUT2D eigenvalue weighted by Crippen LogP contribution is 2.35. The maximum atomic E-state index is 12.7. The van der Waals surface area contributed by atoms with Crippen LogP contribution in [0.1, 0.15) is 19.3 Å². The molecule has 2 heterocycles. The van der Waals surface area contributed by atoms with Gasteiger partial charge in [0.15, 0.2) is 5.03 Å². The Labute approximate surface area is 118 Å². The molecule has 1 unspecified atom stereocenters. The molecule has 1 atom stereocenters. The quantitative estimate of drug-likeness (QED) is 0.800. The number of sulfonamides is 1. The van der Waals surface area contributed by atoms with E-state index >= 15 is 0 Å². The van der Waals surface area contributed by atoms with Crippen molar-refractivity contribution in [2.75, 3.05) is 26.3 Å². The van der Waals surface area contributed by atoms with Crippen LogP contribution in [0.2, 0.25) is 0 Å². The zero-order chi connectivity index (χ0) is 14.2. The van der Waals surface area contributed by atoms with Crippen LogP contribution >= 0.6 is 0 Å². The highest BCUT2D eigenvalue weighted by Gasteiger charge is 2.36. The lowest BCUT2D eigenvalue weighted by Crippen LogP contribution is -2.39. The molecule has 0 radical (unpaired) electrons. The van der Waals surface area contributed by atoms with Gasteiger partial charge in [0.05, 0.1) is 19.4 Å². The van der Waals surface area contributed by atoms with Gasteiger partial charge in [-0.2, -0.15) is 4.31 Å². The Balaban J connectivity index is 1.82. The van der Waals surface area contributed by atoms with Crippen molar-refractivity contribution in [3.8, 4) is 0 Å². The van der Waals surface area contributed by atoms with E-state index in [0.717, 1.165) is 0 Å². The van der Waals surface area contributed by atoms with Crippen LogP contribution in [0.5, 0.6) is 0 Å². The van der Waals surface area contributed by atoms with Gasteiger partial charge in [0.2, 0.25) is 0 Å². The zero-order valence-electron chi connectivity index (χ0n) is 11.6. The molecule has 1 saturated heterocycles. The second kappa shape index (κ2) is 5.42. The van der Waals surface area contributed by atoms with Crippen molar-refractivity contribution >= 4 is 10.0 Å². The summed E-state index contributed by atoms with van der Waals surface area (Å²) in [5.74, 6) is 0.915. The van der Waals surface area contributed by atoms with Crippen molar-refractivity contribution in [2.45, 2.75) is 24.3 Å². The standard InChI is InChI=1S/C12H20N4O3S/c1-15-12(7-13-14-15)20(17,18)16-5-6-19-9-11(8-16)10-3-2-4-10/h7,10-11H,2-6,8-9H2,1H3. The molecule has 0 spiro atoms. The molecule has 1 aromatic rings. The fraction of sp³-hybridized carbons (Fsp3) is 0.833. The summed E-state index contributed by atoms with van der Waals surface area (Å²) in [7, 11) is -1.94. The van der Waals surface area contributed by atoms with Gasteiger partial charge in [-0.3, -0.25) is 0 Å². The molecule has 0 bridgehead atoms. The SMILES string of the molecule is Cn1nncc1S(=O)(=O)N1CCOCC(C2CCC2)C1. The molecule has 20 heavy (non-hydrogen) atoms. The first-order chi connectivity index (χ1) is 9.59. The summed E-state index contributed by atoms with van der Waals surface area (Å²) in [5.41, 5.74) is 0. The molecule has 1 saturated carbocycles. The smallest absolute Gasteiger partial charge is 0.261 e. The molecule has 0 N–H and O–H groups in total. The molecule has 1 aliphatic carbocycles. The summed E-state index contributed by atoms with van der Waals surface area (Å²) in [6.45, 7) is 2.06. The average molecular weight is 300 g/mol. The second-order valence-corrected chi connectivity index (χ2v) is 7.47. The van der Waals surface area contributed by atoms with Gasteiger partial charge in [0.1, 0.15) is 0 Å². The van der Waals surface area contributed by atoms with E-state index in [4.69, 9.17) is 4.74 Å². The van der Waals surface area contributed by atoms with Gasteiger partial charge in [-0.1, -0.05) is 24.5 Å². The topological polar surface area (TPSA) is 77.3 Å². The minimum absolute atomic E-state index is 0.145. The summed E-state index contributed by atoms with van der Waals surface area (Å²) in [6.07, 6.45) is 4.93. The molecule has 7 nitrogen and oxygen atoms in total. The van der Waals surface area contributed by atoms with E-state index < -0.39 is 10.0 Å². The van der Waals surface area contributed by atoms with Crippen molar-refractivity contribution in [3.63, 3.8) is 0 Å². The highest BCUT2D eigenvalue weighted by atomic mass is 32.2. The largest absolute Gasteiger partial charge is 0.380 e. The van der Waals surface area contributed by atoms with Crippen LogP contribution in [-0.4, -0.2) is 54.0 Å². The number of ether oxygens (including phenoxy) is 1. The molecule has 2 fully saturated rings. The fourth-order valence-corrected chi connectivity index (χ4v) is 4.39. The van der Waals surface area contributed by atoms with E-state index in [9.17, 15) is 8.42 Å². The summed E-state index contributed by atoms with van der Waals surface area (Å²) in [6, 6.07) is 0. The Morgan fingerprint density at radius 1 is 1.35 bits per heavy atom. The molecule has 1 aliphatic heterocycles. The molecule has 3 rings (SSSR count). The second-order valence-electron chi connectivity index (χ2n) is 5.58. The lowest BCUT2D eigenvalue weighted by Gasteiger charge is -2.34. The lowest BCUT2D eigenvalue weighted by atomic mass is 9.76. The summed E-state index contributed by atoms with van der Waals surface area (Å²) < 4.78 is 33.8. The van der Waals surface area contributed by atoms with Gasteiger partial charge >= 0.3 is 0 Å². The van der Waals surface area contributed by atoms with E-state index in [1.807, 2.05) is 0 Å². The van der Waals surface area contributed by atoms with Crippen molar-refractivity contribution in [3.05, 3.63) is 6.20 Å². The number of hydrogen-bond acceptors (Lipinski definition) is 5. The van der Waals surface area contributed by atoms with Crippen LogP contribution < -0.4 is 0 Å². The molecule has 8 heteroatoms. The maximum absolute atomic E-state index is 12.7. The van der Waals surface area contributed by atoms with Gasteiger partial charge in [0.25, 0.3) is 10.0 Å². The summed E-state index contributed by atoms with van der Waals surface area (Å²) >= 11 is 0. The molecular formula is C12H20N4O3S. The van der Waals surface area contributed by atoms with E-state index in [1.54, 1.807) is 7.05 Å². The van der Waals surface area contributed by atoms with E-state index in [-0.39, 0.29) is 5.03 Å². The first-order valence-electron chi connectivity index (χ1n) is 7.01. The van der Waals surface area contributed by atoms with Crippen LogP contribution in [0, 0.1) is 11.8 Å². The Kier molecular flexibility index (Phi) is 3.78. The van der Waals surface area contributed by atoms with Crippen molar-refractivity contribution < 1.29 is 13.2 Å². The van der Waals surface area contributed by atoms with Crippen LogP contribution in [-0.2, 0) is 21.8 Å². The van der Waals surface area contributed by atoms with Gasteiger partial charge < -0.3 is 4.74 Å². The maximum Gasteiger partial charge on any atom is 0.261 e. The van der Waals surface area contributed by atoms with Gasteiger partial charge in [0, 0.05) is 20.1 Å². The fourth-order valence-electron chi connectivity index (χ4n) is 2.87. The van der Waals surface area contributed by atoms with Gasteiger partial charge in [-0.25, -0.2) is 13.1 Å². The highest BCUT2D eigenvalue weighted by molar-refractivity contribution is 7.89. The molecular weight excluding hydrogens is 280 g/mol. The number of nitrogens with zero attached hydrogens (tertiary/aromatic N) is 4. The Bertz CT molecular complexity index is 567. The molecule has 1 aromatic heterocycles. The molecule has 112 valence electrons. The predicted molar refractivity (Wildman–Crippen MR) is 71.4 cm³/mol. The van der Waals surface area contributed by atoms with E-state index in [2.05, 4.69) is 10.3 Å². The minimum atomic E-state index is -3.53. The molecule has 0 amide bonds. The minimum Gasteiger partial charge on any atom is -0.380 e. The Morgan fingerprint density at radius 2 is 2.15 bits per heavy atom. The van der Waals surface area contributed by atoms with Crippen LogP contribution in [0.25, 0.3) is 0 Å². The van der Waals surface area contributed by atoms with E-state index in [0.29, 0.717) is 38.1 Å². The average Bonchev–Trinajstić information content (AvgIpc) is 2.63. The molecule has 0 aromatic carbocycles.